The molecule has 0 spiro atoms. The lowest BCUT2D eigenvalue weighted by Crippen LogP contribution is -2.12. The van der Waals surface area contributed by atoms with E-state index in [0.29, 0.717) is 12.8 Å². The minimum atomic E-state index is 0. The summed E-state index contributed by atoms with van der Waals surface area (Å²) >= 11 is 1.63. The number of halogens is 1. The molecule has 0 saturated carbocycles. The summed E-state index contributed by atoms with van der Waals surface area (Å²) in [5, 5.41) is 3.68. The van der Waals surface area contributed by atoms with Crippen LogP contribution >= 0.6 is 23.7 Å². The molecule has 3 N–H and O–H groups in total. The molecule has 2 aromatic rings. The predicted octanol–water partition coefficient (Wildman–Crippen LogP) is 3.99. The summed E-state index contributed by atoms with van der Waals surface area (Å²) in [5.74, 6) is 0.00663. The zero-order valence-electron chi connectivity index (χ0n) is 13.0. The molecule has 124 valence electrons. The summed E-state index contributed by atoms with van der Waals surface area (Å²) in [5.41, 5.74) is 8.85. The SMILES string of the molecule is Cl.Nc1ccccc1CCC(=O)Nc1nc2c(s1)CCCCC2. The summed E-state index contributed by atoms with van der Waals surface area (Å²) < 4.78 is 0. The third-order valence-electron chi connectivity index (χ3n) is 4.02. The summed E-state index contributed by atoms with van der Waals surface area (Å²) in [7, 11) is 0. The van der Waals surface area contributed by atoms with E-state index in [4.69, 9.17) is 5.73 Å². The Balaban J connectivity index is 0.00000192. The van der Waals surface area contributed by atoms with Gasteiger partial charge in [0.05, 0.1) is 5.69 Å². The summed E-state index contributed by atoms with van der Waals surface area (Å²) in [6.45, 7) is 0. The van der Waals surface area contributed by atoms with Crippen molar-refractivity contribution < 1.29 is 4.79 Å². The molecule has 1 aromatic carbocycles. The maximum atomic E-state index is 12.1. The van der Waals surface area contributed by atoms with Gasteiger partial charge in [0.1, 0.15) is 0 Å². The maximum absolute atomic E-state index is 12.1. The van der Waals surface area contributed by atoms with Crippen molar-refractivity contribution in [2.24, 2.45) is 0 Å². The van der Waals surface area contributed by atoms with E-state index in [1.807, 2.05) is 24.3 Å². The molecule has 23 heavy (non-hydrogen) atoms. The first-order chi connectivity index (χ1) is 10.7. The van der Waals surface area contributed by atoms with Crippen molar-refractivity contribution in [2.45, 2.75) is 44.9 Å². The highest BCUT2D eigenvalue weighted by atomic mass is 35.5. The quantitative estimate of drug-likeness (QED) is 0.646. The predicted molar refractivity (Wildman–Crippen MR) is 98.4 cm³/mol. The molecule has 0 fully saturated rings. The standard InChI is InChI=1S/C17H21N3OS.ClH/c18-13-7-5-4-6-12(13)10-11-16(21)20-17-19-14-8-2-1-3-9-15(14)22-17;/h4-7H,1-3,8-11,18H2,(H,19,20,21);1H. The van der Waals surface area contributed by atoms with Gasteiger partial charge in [-0.3, -0.25) is 4.79 Å². The number of nitrogens with zero attached hydrogens (tertiary/aromatic N) is 1. The largest absolute Gasteiger partial charge is 0.399 e. The fourth-order valence-corrected chi connectivity index (χ4v) is 3.84. The number of carbonyl (C=O) groups excluding carboxylic acids is 1. The minimum Gasteiger partial charge on any atom is -0.399 e. The van der Waals surface area contributed by atoms with Crippen LogP contribution in [0.2, 0.25) is 0 Å². The van der Waals surface area contributed by atoms with Gasteiger partial charge in [0.15, 0.2) is 5.13 Å². The molecule has 6 heteroatoms. The molecule has 1 aliphatic rings. The zero-order valence-corrected chi connectivity index (χ0v) is 14.6. The Morgan fingerprint density at radius 3 is 2.83 bits per heavy atom. The molecular weight excluding hydrogens is 330 g/mol. The first-order valence-corrected chi connectivity index (χ1v) is 8.66. The molecule has 0 aliphatic heterocycles. The lowest BCUT2D eigenvalue weighted by Gasteiger charge is -2.05. The number of aromatic nitrogens is 1. The van der Waals surface area contributed by atoms with E-state index >= 15 is 0 Å². The number of aryl methyl sites for hydroxylation is 3. The Morgan fingerprint density at radius 2 is 2.00 bits per heavy atom. The van der Waals surface area contributed by atoms with Gasteiger partial charge in [-0.05, 0) is 43.7 Å². The monoisotopic (exact) mass is 351 g/mol. The molecule has 0 unspecified atom stereocenters. The number of carbonyl (C=O) groups is 1. The molecule has 4 nitrogen and oxygen atoms in total. The van der Waals surface area contributed by atoms with E-state index in [0.717, 1.165) is 29.2 Å². The number of rotatable bonds is 4. The van der Waals surface area contributed by atoms with Crippen LogP contribution in [0.4, 0.5) is 10.8 Å². The number of hydrogen-bond acceptors (Lipinski definition) is 4. The Hall–Kier alpha value is -1.59. The minimum absolute atomic E-state index is 0. The number of fused-ring (bicyclic) bond motifs is 1. The third-order valence-corrected chi connectivity index (χ3v) is 5.09. The Kier molecular flexibility index (Phi) is 6.42. The topological polar surface area (TPSA) is 68.0 Å². The van der Waals surface area contributed by atoms with Gasteiger partial charge in [0.25, 0.3) is 0 Å². The van der Waals surface area contributed by atoms with Crippen LogP contribution in [0.1, 0.15) is 41.8 Å². The Bertz CT molecular complexity index is 648. The van der Waals surface area contributed by atoms with Crippen LogP contribution in [0.25, 0.3) is 0 Å². The van der Waals surface area contributed by atoms with E-state index in [1.54, 1.807) is 11.3 Å². The molecule has 0 atom stereocenters. The van der Waals surface area contributed by atoms with Crippen molar-refractivity contribution in [3.8, 4) is 0 Å². The highest BCUT2D eigenvalue weighted by molar-refractivity contribution is 7.15. The average Bonchev–Trinajstić information content (AvgIpc) is 2.75. The van der Waals surface area contributed by atoms with E-state index in [9.17, 15) is 4.79 Å². The van der Waals surface area contributed by atoms with Crippen LogP contribution in [0.5, 0.6) is 0 Å². The number of nitrogens with one attached hydrogen (secondary N) is 1. The smallest absolute Gasteiger partial charge is 0.226 e. The molecule has 0 saturated heterocycles. The van der Waals surface area contributed by atoms with Crippen molar-refractivity contribution in [2.75, 3.05) is 11.1 Å². The van der Waals surface area contributed by atoms with Gasteiger partial charge in [-0.15, -0.1) is 23.7 Å². The zero-order chi connectivity index (χ0) is 15.4. The molecule has 0 bridgehead atoms. The van der Waals surface area contributed by atoms with Crippen LogP contribution < -0.4 is 11.1 Å². The van der Waals surface area contributed by atoms with E-state index in [-0.39, 0.29) is 18.3 Å². The number of nitrogen functional groups attached to an aromatic ring is 1. The number of para-hydroxylation sites is 1. The summed E-state index contributed by atoms with van der Waals surface area (Å²) in [4.78, 5) is 18.0. The van der Waals surface area contributed by atoms with E-state index in [1.165, 1.54) is 29.8 Å². The van der Waals surface area contributed by atoms with Gasteiger partial charge in [-0.25, -0.2) is 4.98 Å². The van der Waals surface area contributed by atoms with Crippen molar-refractivity contribution in [1.29, 1.82) is 0 Å². The summed E-state index contributed by atoms with van der Waals surface area (Å²) in [6, 6.07) is 7.68. The van der Waals surface area contributed by atoms with Crippen molar-refractivity contribution >= 4 is 40.5 Å². The number of amides is 1. The highest BCUT2D eigenvalue weighted by Crippen LogP contribution is 2.29. The van der Waals surface area contributed by atoms with Gasteiger partial charge < -0.3 is 11.1 Å². The number of hydrogen-bond donors (Lipinski definition) is 2. The first kappa shape index (κ1) is 17.8. The summed E-state index contributed by atoms with van der Waals surface area (Å²) in [6.07, 6.45) is 6.95. The Labute approximate surface area is 146 Å². The molecule has 3 rings (SSSR count). The molecule has 0 radical (unpaired) electrons. The van der Waals surface area contributed by atoms with E-state index in [2.05, 4.69) is 10.3 Å². The third kappa shape index (κ3) is 4.69. The van der Waals surface area contributed by atoms with Gasteiger partial charge >= 0.3 is 0 Å². The van der Waals surface area contributed by atoms with Gasteiger partial charge in [0, 0.05) is 17.0 Å². The van der Waals surface area contributed by atoms with Crippen LogP contribution in [-0.4, -0.2) is 10.9 Å². The fourth-order valence-electron chi connectivity index (χ4n) is 2.77. The lowest BCUT2D eigenvalue weighted by molar-refractivity contribution is -0.116. The maximum Gasteiger partial charge on any atom is 0.226 e. The second kappa shape index (κ2) is 8.31. The van der Waals surface area contributed by atoms with Crippen molar-refractivity contribution in [1.82, 2.24) is 4.98 Å². The van der Waals surface area contributed by atoms with Crippen molar-refractivity contribution in [3.63, 3.8) is 0 Å². The van der Waals surface area contributed by atoms with Crippen LogP contribution in [0, 0.1) is 0 Å². The number of anilines is 2. The second-order valence-electron chi connectivity index (χ2n) is 5.70. The number of benzene rings is 1. The van der Waals surface area contributed by atoms with Crippen LogP contribution in [0.15, 0.2) is 24.3 Å². The second-order valence-corrected chi connectivity index (χ2v) is 6.78. The molecule has 1 aromatic heterocycles. The molecule has 1 amide bonds. The van der Waals surface area contributed by atoms with Gasteiger partial charge in [-0.1, -0.05) is 24.6 Å². The Morgan fingerprint density at radius 1 is 1.22 bits per heavy atom. The molecule has 1 aliphatic carbocycles. The number of nitrogens with two attached hydrogens (primary N) is 1. The lowest BCUT2D eigenvalue weighted by atomic mass is 10.1. The van der Waals surface area contributed by atoms with Gasteiger partial charge in [-0.2, -0.15) is 0 Å². The first-order valence-electron chi connectivity index (χ1n) is 7.84. The van der Waals surface area contributed by atoms with Crippen LogP contribution in [0.3, 0.4) is 0 Å². The fraction of sp³-hybridized carbons (Fsp3) is 0.412. The highest BCUT2D eigenvalue weighted by Gasteiger charge is 2.15. The molecule has 1 heterocycles. The average molecular weight is 352 g/mol. The number of thiazole rings is 1. The molecular formula is C17H22ClN3OS. The van der Waals surface area contributed by atoms with Crippen molar-refractivity contribution in [3.05, 3.63) is 40.4 Å². The normalized spacial score (nSPS) is 13.6. The van der Waals surface area contributed by atoms with E-state index < -0.39 is 0 Å². The van der Waals surface area contributed by atoms with Crippen LogP contribution in [-0.2, 0) is 24.1 Å². The van der Waals surface area contributed by atoms with Gasteiger partial charge in [0.2, 0.25) is 5.91 Å².